The summed E-state index contributed by atoms with van der Waals surface area (Å²) in [5.74, 6) is 0.621. The van der Waals surface area contributed by atoms with Crippen LogP contribution in [0.25, 0.3) is 11.3 Å². The molecule has 0 saturated carbocycles. The van der Waals surface area contributed by atoms with Gasteiger partial charge in [0.05, 0.1) is 12.1 Å². The van der Waals surface area contributed by atoms with Crippen LogP contribution in [0, 0.1) is 5.82 Å². The average molecular weight is 364 g/mol. The maximum atomic E-state index is 13.3. The molecule has 0 spiro atoms. The number of anilines is 1. The number of aromatic nitrogens is 2. The molecule has 0 radical (unpaired) electrons. The van der Waals surface area contributed by atoms with Gasteiger partial charge in [-0.25, -0.2) is 4.39 Å². The van der Waals surface area contributed by atoms with Gasteiger partial charge in [-0.05, 0) is 23.3 Å². The van der Waals surface area contributed by atoms with Crippen molar-refractivity contribution in [3.63, 3.8) is 0 Å². The number of rotatable bonds is 4. The zero-order valence-electron chi connectivity index (χ0n) is 14.9. The number of halogens is 1. The van der Waals surface area contributed by atoms with Gasteiger partial charge in [0.25, 0.3) is 0 Å². The number of nitrogens with one attached hydrogen (secondary N) is 1. The fourth-order valence-corrected chi connectivity index (χ4v) is 3.36. The number of amides is 1. The van der Waals surface area contributed by atoms with Crippen LogP contribution in [0.3, 0.4) is 0 Å². The fourth-order valence-electron chi connectivity index (χ4n) is 3.36. The molecule has 27 heavy (non-hydrogen) atoms. The van der Waals surface area contributed by atoms with Crippen LogP contribution in [0.2, 0.25) is 0 Å². The summed E-state index contributed by atoms with van der Waals surface area (Å²) in [7, 11) is 0. The second-order valence-corrected chi connectivity index (χ2v) is 6.68. The Morgan fingerprint density at radius 1 is 1.00 bits per heavy atom. The predicted molar refractivity (Wildman–Crippen MR) is 103 cm³/mol. The summed E-state index contributed by atoms with van der Waals surface area (Å²) in [5.41, 5.74) is 2.79. The quantitative estimate of drug-likeness (QED) is 0.774. The normalized spacial score (nSPS) is 14.4. The van der Waals surface area contributed by atoms with Crippen LogP contribution in [0.1, 0.15) is 5.56 Å². The van der Waals surface area contributed by atoms with Crippen molar-refractivity contribution in [1.29, 1.82) is 0 Å². The van der Waals surface area contributed by atoms with E-state index in [2.05, 4.69) is 15.1 Å². The molecule has 1 fully saturated rings. The second-order valence-electron chi connectivity index (χ2n) is 6.68. The van der Waals surface area contributed by atoms with Crippen molar-refractivity contribution in [3.8, 4) is 11.3 Å². The summed E-state index contributed by atoms with van der Waals surface area (Å²) in [6, 6.07) is 18.3. The van der Waals surface area contributed by atoms with Gasteiger partial charge in [0.2, 0.25) is 5.91 Å². The molecule has 1 aromatic heterocycles. The zero-order chi connectivity index (χ0) is 18.6. The molecule has 2 heterocycles. The lowest BCUT2D eigenvalue weighted by atomic mass is 10.1. The average Bonchev–Trinajstić information content (AvgIpc) is 3.19. The van der Waals surface area contributed by atoms with Gasteiger partial charge in [0.1, 0.15) is 5.82 Å². The Kier molecular flexibility index (Phi) is 4.87. The molecule has 1 N–H and O–H groups in total. The standard InChI is InChI=1S/C21H21FN4O/c22-18-8-4-5-16(13-18)14-21(27)26-11-9-25(10-12-26)20-15-19(23-24-20)17-6-2-1-3-7-17/h1-8,13,15H,9-12,14H2,(H,23,24). The SMILES string of the molecule is O=C(Cc1cccc(F)c1)N1CCN(c2cc(-c3ccccc3)[nH]n2)CC1. The van der Waals surface area contributed by atoms with Crippen LogP contribution < -0.4 is 4.90 Å². The lowest BCUT2D eigenvalue weighted by molar-refractivity contribution is -0.130. The number of hydrogen-bond donors (Lipinski definition) is 1. The Labute approximate surface area is 157 Å². The van der Waals surface area contributed by atoms with Crippen LogP contribution in [0.5, 0.6) is 0 Å². The first-order chi connectivity index (χ1) is 13.2. The Bertz CT molecular complexity index is 917. The van der Waals surface area contributed by atoms with Gasteiger partial charge in [-0.15, -0.1) is 0 Å². The summed E-state index contributed by atoms with van der Waals surface area (Å²) >= 11 is 0. The van der Waals surface area contributed by atoms with Crippen molar-refractivity contribution in [3.05, 3.63) is 72.0 Å². The molecule has 5 nitrogen and oxygen atoms in total. The number of nitrogens with zero attached hydrogens (tertiary/aromatic N) is 3. The number of aromatic amines is 1. The molecule has 1 aliphatic rings. The lowest BCUT2D eigenvalue weighted by Gasteiger charge is -2.34. The third-order valence-corrected chi connectivity index (χ3v) is 4.85. The van der Waals surface area contributed by atoms with Gasteiger partial charge in [0, 0.05) is 32.2 Å². The number of H-pyrrole nitrogens is 1. The minimum atomic E-state index is -0.308. The van der Waals surface area contributed by atoms with E-state index >= 15 is 0 Å². The van der Waals surface area contributed by atoms with E-state index < -0.39 is 0 Å². The maximum Gasteiger partial charge on any atom is 0.227 e. The van der Waals surface area contributed by atoms with Crippen LogP contribution in [-0.2, 0) is 11.2 Å². The summed E-state index contributed by atoms with van der Waals surface area (Å²) in [6.07, 6.45) is 0.234. The predicted octanol–water partition coefficient (Wildman–Crippen LogP) is 3.11. The third kappa shape index (κ3) is 4.00. The molecule has 0 unspecified atom stereocenters. The summed E-state index contributed by atoms with van der Waals surface area (Å²) in [6.45, 7) is 2.74. The van der Waals surface area contributed by atoms with Gasteiger partial charge in [-0.2, -0.15) is 5.10 Å². The fraction of sp³-hybridized carbons (Fsp3) is 0.238. The van der Waals surface area contributed by atoms with Crippen molar-refractivity contribution >= 4 is 11.7 Å². The number of carbonyl (C=O) groups is 1. The smallest absolute Gasteiger partial charge is 0.227 e. The molecule has 2 aromatic carbocycles. The van der Waals surface area contributed by atoms with E-state index in [1.165, 1.54) is 12.1 Å². The van der Waals surface area contributed by atoms with Crippen molar-refractivity contribution in [1.82, 2.24) is 15.1 Å². The van der Waals surface area contributed by atoms with Crippen molar-refractivity contribution in [2.24, 2.45) is 0 Å². The Morgan fingerprint density at radius 2 is 1.78 bits per heavy atom. The van der Waals surface area contributed by atoms with Crippen LogP contribution in [0.4, 0.5) is 10.2 Å². The highest BCUT2D eigenvalue weighted by Crippen LogP contribution is 2.22. The third-order valence-electron chi connectivity index (χ3n) is 4.85. The first-order valence-electron chi connectivity index (χ1n) is 9.07. The molecule has 3 aromatic rings. The molecule has 6 heteroatoms. The summed E-state index contributed by atoms with van der Waals surface area (Å²) < 4.78 is 13.3. The van der Waals surface area contributed by atoms with Crippen molar-refractivity contribution in [2.45, 2.75) is 6.42 Å². The van der Waals surface area contributed by atoms with E-state index in [1.54, 1.807) is 12.1 Å². The summed E-state index contributed by atoms with van der Waals surface area (Å²) in [5, 5.41) is 7.50. The topological polar surface area (TPSA) is 52.2 Å². The number of piperazine rings is 1. The van der Waals surface area contributed by atoms with Crippen molar-refractivity contribution < 1.29 is 9.18 Å². The molecule has 138 valence electrons. The highest BCUT2D eigenvalue weighted by atomic mass is 19.1. The van der Waals surface area contributed by atoms with Gasteiger partial charge in [-0.1, -0.05) is 42.5 Å². The summed E-state index contributed by atoms with van der Waals surface area (Å²) in [4.78, 5) is 16.5. The molecular formula is C21H21FN4O. The van der Waals surface area contributed by atoms with Gasteiger partial charge >= 0.3 is 0 Å². The zero-order valence-corrected chi connectivity index (χ0v) is 14.9. The van der Waals surface area contributed by atoms with E-state index in [-0.39, 0.29) is 18.1 Å². The van der Waals surface area contributed by atoms with E-state index in [4.69, 9.17) is 0 Å². The molecule has 1 aliphatic heterocycles. The molecule has 1 amide bonds. The lowest BCUT2D eigenvalue weighted by Crippen LogP contribution is -2.49. The van der Waals surface area contributed by atoms with Crippen LogP contribution in [0.15, 0.2) is 60.7 Å². The number of benzene rings is 2. The van der Waals surface area contributed by atoms with E-state index in [0.717, 1.165) is 30.2 Å². The minimum absolute atomic E-state index is 0.0345. The number of hydrogen-bond acceptors (Lipinski definition) is 3. The van der Waals surface area contributed by atoms with E-state index in [9.17, 15) is 9.18 Å². The van der Waals surface area contributed by atoms with E-state index in [0.29, 0.717) is 18.7 Å². The minimum Gasteiger partial charge on any atom is -0.352 e. The number of carbonyl (C=O) groups excluding carboxylic acids is 1. The molecule has 0 atom stereocenters. The van der Waals surface area contributed by atoms with Gasteiger partial charge < -0.3 is 9.80 Å². The Hall–Kier alpha value is -3.15. The first-order valence-corrected chi connectivity index (χ1v) is 9.07. The molecular weight excluding hydrogens is 343 g/mol. The first kappa shape index (κ1) is 17.3. The largest absolute Gasteiger partial charge is 0.352 e. The van der Waals surface area contributed by atoms with E-state index in [1.807, 2.05) is 41.3 Å². The Morgan fingerprint density at radius 3 is 2.52 bits per heavy atom. The van der Waals surface area contributed by atoms with Crippen LogP contribution in [-0.4, -0.2) is 47.2 Å². The highest BCUT2D eigenvalue weighted by molar-refractivity contribution is 5.79. The van der Waals surface area contributed by atoms with Gasteiger partial charge in [-0.3, -0.25) is 9.89 Å². The van der Waals surface area contributed by atoms with Crippen molar-refractivity contribution in [2.75, 3.05) is 31.1 Å². The molecule has 4 rings (SSSR count). The van der Waals surface area contributed by atoms with Gasteiger partial charge in [0.15, 0.2) is 5.82 Å². The monoisotopic (exact) mass is 364 g/mol. The molecule has 1 saturated heterocycles. The van der Waals surface area contributed by atoms with Crippen LogP contribution >= 0.6 is 0 Å². The molecule has 0 aliphatic carbocycles. The Balaban J connectivity index is 1.35. The highest BCUT2D eigenvalue weighted by Gasteiger charge is 2.22. The molecule has 0 bridgehead atoms. The maximum absolute atomic E-state index is 13.3. The second kappa shape index (κ2) is 7.61.